The van der Waals surface area contributed by atoms with E-state index in [0.717, 1.165) is 37.9 Å². The summed E-state index contributed by atoms with van der Waals surface area (Å²) >= 11 is 1.53. The number of carbonyl (C=O) groups is 2. The van der Waals surface area contributed by atoms with E-state index in [4.69, 9.17) is 5.73 Å². The second kappa shape index (κ2) is 10.6. The van der Waals surface area contributed by atoms with E-state index in [1.807, 2.05) is 6.92 Å². The summed E-state index contributed by atoms with van der Waals surface area (Å²) in [7, 11) is 2.07. The van der Waals surface area contributed by atoms with E-state index in [-0.39, 0.29) is 23.8 Å². The number of hydrogen-bond acceptors (Lipinski definition) is 7. The van der Waals surface area contributed by atoms with Gasteiger partial charge in [-0.1, -0.05) is 13.8 Å². The van der Waals surface area contributed by atoms with E-state index in [9.17, 15) is 14.9 Å². The number of amides is 3. The summed E-state index contributed by atoms with van der Waals surface area (Å²) in [6.45, 7) is 10.0. The molecule has 0 aromatic carbocycles. The second-order valence-corrected chi connectivity index (χ2v) is 9.95. The van der Waals surface area contributed by atoms with Crippen molar-refractivity contribution in [1.29, 1.82) is 5.26 Å². The van der Waals surface area contributed by atoms with Crippen LogP contribution in [0.1, 0.15) is 43.2 Å². The number of fused-ring (bicyclic) bond motifs is 2. The highest BCUT2D eigenvalue weighted by molar-refractivity contribution is 7.16. The third-order valence-corrected chi connectivity index (χ3v) is 8.10. The molecule has 3 atom stereocenters. The van der Waals surface area contributed by atoms with Crippen molar-refractivity contribution in [2.45, 2.75) is 46.1 Å². The van der Waals surface area contributed by atoms with Crippen LogP contribution in [0, 0.1) is 23.2 Å². The van der Waals surface area contributed by atoms with Crippen LogP contribution in [0.2, 0.25) is 0 Å². The molecular weight excluding hydrogens is 424 g/mol. The van der Waals surface area contributed by atoms with Gasteiger partial charge in [-0.3, -0.25) is 9.69 Å². The van der Waals surface area contributed by atoms with Gasteiger partial charge in [-0.05, 0) is 57.8 Å². The number of urea groups is 1. The van der Waals surface area contributed by atoms with Crippen molar-refractivity contribution in [3.63, 3.8) is 0 Å². The first-order chi connectivity index (χ1) is 15.3. The lowest BCUT2D eigenvalue weighted by Gasteiger charge is -2.45. The number of likely N-dealkylation sites (N-methyl/N-ethyl adjacent to an activating group) is 2. The summed E-state index contributed by atoms with van der Waals surface area (Å²) in [5.41, 5.74) is 7.77. The van der Waals surface area contributed by atoms with Crippen LogP contribution < -0.4 is 11.1 Å². The number of imide groups is 1. The minimum Gasteiger partial charge on any atom is -0.389 e. The van der Waals surface area contributed by atoms with Gasteiger partial charge in [-0.15, -0.1) is 11.3 Å². The number of nitrogens with one attached hydrogen (secondary N) is 1. The van der Waals surface area contributed by atoms with E-state index < -0.39 is 0 Å². The first kappa shape index (κ1) is 24.5. The van der Waals surface area contributed by atoms with E-state index in [0.29, 0.717) is 42.8 Å². The number of thiophene rings is 1. The molecule has 1 aliphatic carbocycles. The minimum absolute atomic E-state index is 0.0930. The number of hydrogen-bond donors (Lipinski definition) is 2. The van der Waals surface area contributed by atoms with Gasteiger partial charge in [0.15, 0.2) is 0 Å². The van der Waals surface area contributed by atoms with Crippen LogP contribution in [0.25, 0.3) is 0 Å². The number of nitrogens with two attached hydrogens (primary N) is 1. The highest BCUT2D eigenvalue weighted by Gasteiger charge is 2.43. The van der Waals surface area contributed by atoms with Crippen LogP contribution in [0.3, 0.4) is 0 Å². The maximum Gasteiger partial charge on any atom is 0.324 e. The molecule has 1 aromatic rings. The minimum atomic E-state index is -0.308. The van der Waals surface area contributed by atoms with Crippen LogP contribution in [-0.4, -0.2) is 79.0 Å². The molecule has 1 fully saturated rings. The lowest BCUT2D eigenvalue weighted by molar-refractivity contribution is -0.136. The Morgan fingerprint density at radius 3 is 2.59 bits per heavy atom. The lowest BCUT2D eigenvalue weighted by atomic mass is 9.74. The van der Waals surface area contributed by atoms with Crippen molar-refractivity contribution in [3.8, 4) is 6.07 Å². The Balaban J connectivity index is 1.77. The molecule has 1 aliphatic heterocycles. The molecule has 3 rings (SSSR count). The zero-order valence-corrected chi connectivity index (χ0v) is 20.5. The van der Waals surface area contributed by atoms with Crippen LogP contribution in [0.15, 0.2) is 0 Å². The van der Waals surface area contributed by atoms with E-state index in [1.54, 1.807) is 0 Å². The van der Waals surface area contributed by atoms with Gasteiger partial charge in [-0.25, -0.2) is 4.79 Å². The fourth-order valence-corrected chi connectivity index (χ4v) is 6.31. The molecule has 1 unspecified atom stereocenters. The van der Waals surface area contributed by atoms with Crippen molar-refractivity contribution in [1.82, 2.24) is 20.0 Å². The standard InChI is InChI=1S/C23H36N6O2S/c1-5-26-23(31)29(9-8-28(6-2)7-3)22(30)16-10-15-11-17-18(13-24)21(25)32-20(17)12-19(15)27(4)14-16/h15-16,19H,5-12,14,25H2,1-4H3,(H,26,31)/t15?,16-,19-/m1/s1. The summed E-state index contributed by atoms with van der Waals surface area (Å²) in [6, 6.07) is 2.30. The Labute approximate surface area is 195 Å². The molecule has 2 aliphatic rings. The topological polar surface area (TPSA) is 106 Å². The van der Waals surface area contributed by atoms with Gasteiger partial charge in [0.05, 0.1) is 11.5 Å². The molecule has 8 nitrogen and oxygen atoms in total. The molecule has 3 amide bonds. The third kappa shape index (κ3) is 4.92. The zero-order chi connectivity index (χ0) is 23.4. The zero-order valence-electron chi connectivity index (χ0n) is 19.7. The lowest BCUT2D eigenvalue weighted by Crippen LogP contribution is -2.56. The summed E-state index contributed by atoms with van der Waals surface area (Å²) in [5.74, 6) is -0.0525. The first-order valence-electron chi connectivity index (χ1n) is 11.7. The molecule has 9 heteroatoms. The Hall–Kier alpha value is -2.15. The molecular formula is C23H36N6O2S. The summed E-state index contributed by atoms with van der Waals surface area (Å²) in [4.78, 5) is 33.4. The van der Waals surface area contributed by atoms with Gasteiger partial charge in [0, 0.05) is 37.1 Å². The van der Waals surface area contributed by atoms with Crippen LogP contribution >= 0.6 is 11.3 Å². The highest BCUT2D eigenvalue weighted by atomic mass is 32.1. The first-order valence-corrected chi connectivity index (χ1v) is 12.5. The Morgan fingerprint density at radius 1 is 1.25 bits per heavy atom. The average Bonchev–Trinajstić information content (AvgIpc) is 3.09. The van der Waals surface area contributed by atoms with Crippen LogP contribution in [0.5, 0.6) is 0 Å². The van der Waals surface area contributed by atoms with E-state index >= 15 is 0 Å². The van der Waals surface area contributed by atoms with Gasteiger partial charge in [0.25, 0.3) is 0 Å². The summed E-state index contributed by atoms with van der Waals surface area (Å²) in [5, 5.41) is 12.9. The number of nitrogen functional groups attached to an aromatic ring is 1. The van der Waals surface area contributed by atoms with Crippen molar-refractivity contribution in [3.05, 3.63) is 16.0 Å². The van der Waals surface area contributed by atoms with Gasteiger partial charge in [0.2, 0.25) is 5.91 Å². The van der Waals surface area contributed by atoms with Gasteiger partial charge >= 0.3 is 6.03 Å². The summed E-state index contributed by atoms with van der Waals surface area (Å²) < 4.78 is 0. The number of nitrogens with zero attached hydrogens (tertiary/aromatic N) is 4. The quantitative estimate of drug-likeness (QED) is 0.646. The average molecular weight is 461 g/mol. The molecule has 176 valence electrons. The predicted octanol–water partition coefficient (Wildman–Crippen LogP) is 2.14. The largest absolute Gasteiger partial charge is 0.389 e. The molecule has 3 N–H and O–H groups in total. The molecule has 0 saturated carbocycles. The smallest absolute Gasteiger partial charge is 0.324 e. The second-order valence-electron chi connectivity index (χ2n) is 8.81. The Kier molecular flexibility index (Phi) is 8.15. The number of carbonyl (C=O) groups excluding carboxylic acids is 2. The molecule has 1 aromatic heterocycles. The number of anilines is 1. The maximum absolute atomic E-state index is 13.5. The third-order valence-electron chi connectivity index (χ3n) is 7.02. The number of nitriles is 1. The molecule has 32 heavy (non-hydrogen) atoms. The highest BCUT2D eigenvalue weighted by Crippen LogP contribution is 2.42. The van der Waals surface area contributed by atoms with Crippen molar-refractivity contribution in [2.24, 2.45) is 11.8 Å². The van der Waals surface area contributed by atoms with Gasteiger partial charge in [0.1, 0.15) is 11.1 Å². The molecule has 0 bridgehead atoms. The van der Waals surface area contributed by atoms with Crippen LogP contribution in [0.4, 0.5) is 9.80 Å². The van der Waals surface area contributed by atoms with E-state index in [1.165, 1.54) is 21.1 Å². The Bertz CT molecular complexity index is 875. The van der Waals surface area contributed by atoms with Crippen molar-refractivity contribution in [2.75, 3.05) is 52.0 Å². The normalized spacial score (nSPS) is 22.7. The molecule has 1 saturated heterocycles. The monoisotopic (exact) mass is 460 g/mol. The van der Waals surface area contributed by atoms with E-state index in [2.05, 4.69) is 42.1 Å². The summed E-state index contributed by atoms with van der Waals surface area (Å²) in [6.07, 6.45) is 2.37. The Morgan fingerprint density at radius 2 is 1.97 bits per heavy atom. The van der Waals surface area contributed by atoms with Gasteiger partial charge in [-0.2, -0.15) is 5.26 Å². The predicted molar refractivity (Wildman–Crippen MR) is 127 cm³/mol. The number of rotatable bonds is 7. The van der Waals surface area contributed by atoms with Gasteiger partial charge < -0.3 is 20.9 Å². The fourth-order valence-electron chi connectivity index (χ4n) is 5.21. The maximum atomic E-state index is 13.5. The SMILES string of the molecule is CCNC(=O)N(CCN(CC)CC)C(=O)[C@@H]1CC2Cc3c(sc(N)c3C#N)C[C@H]2N(C)C1. The molecule has 2 heterocycles. The van der Waals surface area contributed by atoms with Crippen molar-refractivity contribution < 1.29 is 9.59 Å². The number of likely N-dealkylation sites (tertiary alicyclic amines) is 1. The molecule has 0 radical (unpaired) electrons. The number of piperidine rings is 1. The van der Waals surface area contributed by atoms with Crippen LogP contribution in [-0.2, 0) is 17.6 Å². The van der Waals surface area contributed by atoms with Crippen molar-refractivity contribution >= 4 is 28.3 Å². The molecule has 0 spiro atoms. The fraction of sp³-hybridized carbons (Fsp3) is 0.696.